The fourth-order valence-electron chi connectivity index (χ4n) is 2.97. The molecule has 86 valence electrons. The highest BCUT2D eigenvalue weighted by molar-refractivity contribution is 5.37. The minimum Gasteiger partial charge on any atom is -0.487 e. The summed E-state index contributed by atoms with van der Waals surface area (Å²) in [4.78, 5) is 0. The van der Waals surface area contributed by atoms with E-state index in [1.54, 1.807) is 6.07 Å². The predicted molar refractivity (Wildman–Crippen MR) is 61.1 cm³/mol. The fraction of sp³-hybridized carbons (Fsp3) is 0.571. The van der Waals surface area contributed by atoms with Gasteiger partial charge in [-0.3, -0.25) is 0 Å². The highest BCUT2D eigenvalue weighted by Gasteiger charge is 2.47. The summed E-state index contributed by atoms with van der Waals surface area (Å²) in [6, 6.07) is 3.53. The Kier molecular flexibility index (Phi) is 2.20. The zero-order valence-corrected chi connectivity index (χ0v) is 9.79. The Bertz CT molecular complexity index is 394. The van der Waals surface area contributed by atoms with Crippen molar-refractivity contribution in [1.82, 2.24) is 0 Å². The second-order valence-corrected chi connectivity index (χ2v) is 5.36. The van der Waals surface area contributed by atoms with Gasteiger partial charge in [-0.2, -0.15) is 0 Å². The number of ether oxygens (including phenoxy) is 1. The van der Waals surface area contributed by atoms with Crippen LogP contribution >= 0.6 is 0 Å². The molecule has 16 heavy (non-hydrogen) atoms. The Hall–Kier alpha value is -1.05. The van der Waals surface area contributed by atoms with Crippen molar-refractivity contribution in [3.63, 3.8) is 0 Å². The van der Waals surface area contributed by atoms with Crippen LogP contribution < -0.4 is 4.74 Å². The van der Waals surface area contributed by atoms with E-state index in [0.29, 0.717) is 5.75 Å². The highest BCUT2D eigenvalue weighted by atomic mass is 19.1. The molecule has 3 rings (SSSR count). The van der Waals surface area contributed by atoms with Crippen LogP contribution in [0.2, 0.25) is 0 Å². The number of fused-ring (bicyclic) bond motifs is 1. The molecule has 2 aliphatic carbocycles. The van der Waals surface area contributed by atoms with Crippen LogP contribution in [0, 0.1) is 31.5 Å². The second kappa shape index (κ2) is 3.47. The highest BCUT2D eigenvalue weighted by Crippen LogP contribution is 2.52. The molecule has 0 amide bonds. The number of aryl methyl sites for hydroxylation is 2. The number of hydrogen-bond donors (Lipinski definition) is 0. The lowest BCUT2D eigenvalue weighted by Gasteiger charge is -2.17. The largest absolute Gasteiger partial charge is 0.487 e. The van der Waals surface area contributed by atoms with Crippen LogP contribution in [0.4, 0.5) is 4.39 Å². The summed E-state index contributed by atoms with van der Waals surface area (Å²) in [5.74, 6) is 2.01. The molecule has 0 aliphatic heterocycles. The van der Waals surface area contributed by atoms with Gasteiger partial charge in [0.15, 0.2) is 11.6 Å². The first-order valence-electron chi connectivity index (χ1n) is 6.07. The average Bonchev–Trinajstić information content (AvgIpc) is 2.80. The van der Waals surface area contributed by atoms with Gasteiger partial charge >= 0.3 is 0 Å². The topological polar surface area (TPSA) is 9.23 Å². The summed E-state index contributed by atoms with van der Waals surface area (Å²) in [7, 11) is 0. The molecular formula is C14H17FO. The van der Waals surface area contributed by atoms with Crippen LogP contribution in [0.25, 0.3) is 0 Å². The Balaban J connectivity index is 1.78. The van der Waals surface area contributed by atoms with Crippen LogP contribution in [0.5, 0.6) is 5.75 Å². The van der Waals surface area contributed by atoms with Crippen molar-refractivity contribution in [2.45, 2.75) is 39.2 Å². The third-order valence-electron chi connectivity index (χ3n) is 3.86. The third kappa shape index (κ3) is 1.70. The van der Waals surface area contributed by atoms with E-state index in [4.69, 9.17) is 4.74 Å². The Labute approximate surface area is 95.6 Å². The van der Waals surface area contributed by atoms with Crippen molar-refractivity contribution >= 4 is 0 Å². The molecule has 1 aromatic rings. The molecule has 2 aliphatic rings. The third-order valence-corrected chi connectivity index (χ3v) is 3.86. The molecule has 2 fully saturated rings. The molecule has 0 radical (unpaired) electrons. The lowest BCUT2D eigenvalue weighted by Crippen LogP contribution is -2.15. The van der Waals surface area contributed by atoms with Gasteiger partial charge in [0, 0.05) is 0 Å². The van der Waals surface area contributed by atoms with Crippen molar-refractivity contribution in [2.75, 3.05) is 0 Å². The zero-order chi connectivity index (χ0) is 11.3. The van der Waals surface area contributed by atoms with E-state index in [9.17, 15) is 4.39 Å². The van der Waals surface area contributed by atoms with Gasteiger partial charge in [0.05, 0.1) is 6.10 Å². The molecule has 2 heteroatoms. The Morgan fingerprint density at radius 3 is 2.44 bits per heavy atom. The normalized spacial score (nSPS) is 31.3. The van der Waals surface area contributed by atoms with Crippen LogP contribution in [0.15, 0.2) is 12.1 Å². The summed E-state index contributed by atoms with van der Waals surface area (Å²) in [6.45, 7) is 3.83. The number of hydrogen-bond acceptors (Lipinski definition) is 1. The van der Waals surface area contributed by atoms with E-state index in [2.05, 4.69) is 0 Å². The SMILES string of the molecule is Cc1cc(C)c(OC2C[C@@H]3C[C@@H]3C2)c(F)c1. The van der Waals surface area contributed by atoms with Crippen molar-refractivity contribution < 1.29 is 9.13 Å². The molecule has 1 nitrogen and oxygen atoms in total. The number of benzene rings is 1. The molecule has 0 saturated heterocycles. The minimum absolute atomic E-state index is 0.210. The van der Waals surface area contributed by atoms with Crippen LogP contribution in [-0.2, 0) is 0 Å². The van der Waals surface area contributed by atoms with Crippen molar-refractivity contribution in [3.05, 3.63) is 29.1 Å². The summed E-state index contributed by atoms with van der Waals surface area (Å²) in [6.07, 6.45) is 3.86. The summed E-state index contributed by atoms with van der Waals surface area (Å²) in [5, 5.41) is 0. The Morgan fingerprint density at radius 1 is 1.12 bits per heavy atom. The van der Waals surface area contributed by atoms with Crippen LogP contribution in [0.3, 0.4) is 0 Å². The molecule has 0 heterocycles. The quantitative estimate of drug-likeness (QED) is 0.739. The first-order chi connectivity index (χ1) is 7.63. The van der Waals surface area contributed by atoms with Crippen molar-refractivity contribution in [3.8, 4) is 5.75 Å². The molecule has 0 bridgehead atoms. The molecule has 0 N–H and O–H groups in total. The maximum Gasteiger partial charge on any atom is 0.165 e. The van der Waals surface area contributed by atoms with Gasteiger partial charge in [-0.25, -0.2) is 4.39 Å². The minimum atomic E-state index is -0.210. The summed E-state index contributed by atoms with van der Waals surface area (Å²) in [5.41, 5.74) is 1.87. The average molecular weight is 220 g/mol. The van der Waals surface area contributed by atoms with E-state index in [0.717, 1.165) is 35.8 Å². The van der Waals surface area contributed by atoms with Gasteiger partial charge in [-0.05, 0) is 62.1 Å². The van der Waals surface area contributed by atoms with Gasteiger partial charge in [0.25, 0.3) is 0 Å². The smallest absolute Gasteiger partial charge is 0.165 e. The maximum atomic E-state index is 13.7. The molecule has 3 atom stereocenters. The summed E-state index contributed by atoms with van der Waals surface area (Å²) < 4.78 is 19.6. The first kappa shape index (κ1) is 10.1. The number of halogens is 1. The van der Waals surface area contributed by atoms with Crippen molar-refractivity contribution in [1.29, 1.82) is 0 Å². The van der Waals surface area contributed by atoms with Gasteiger partial charge in [-0.1, -0.05) is 6.07 Å². The van der Waals surface area contributed by atoms with Gasteiger partial charge in [0.2, 0.25) is 0 Å². The lowest BCUT2D eigenvalue weighted by molar-refractivity contribution is 0.185. The van der Waals surface area contributed by atoms with E-state index in [1.807, 2.05) is 19.9 Å². The Morgan fingerprint density at radius 2 is 1.81 bits per heavy atom. The molecular weight excluding hydrogens is 203 g/mol. The van der Waals surface area contributed by atoms with E-state index < -0.39 is 0 Å². The van der Waals surface area contributed by atoms with Gasteiger partial charge in [-0.15, -0.1) is 0 Å². The standard InChI is InChI=1S/C14H17FO/c1-8-3-9(2)14(13(15)4-8)16-12-6-10-5-11(10)7-12/h3-4,10-12H,5-7H2,1-2H3/t10-,11+,12?. The van der Waals surface area contributed by atoms with Gasteiger partial charge in [0.1, 0.15) is 0 Å². The van der Waals surface area contributed by atoms with E-state index in [-0.39, 0.29) is 11.9 Å². The first-order valence-corrected chi connectivity index (χ1v) is 6.07. The zero-order valence-electron chi connectivity index (χ0n) is 9.79. The molecule has 1 aromatic carbocycles. The van der Waals surface area contributed by atoms with E-state index >= 15 is 0 Å². The predicted octanol–water partition coefficient (Wildman–Crippen LogP) is 3.62. The van der Waals surface area contributed by atoms with Gasteiger partial charge < -0.3 is 4.74 Å². The van der Waals surface area contributed by atoms with Crippen LogP contribution in [-0.4, -0.2) is 6.10 Å². The van der Waals surface area contributed by atoms with E-state index in [1.165, 1.54) is 6.42 Å². The molecule has 1 unspecified atom stereocenters. The monoisotopic (exact) mass is 220 g/mol. The second-order valence-electron chi connectivity index (χ2n) is 5.36. The van der Waals surface area contributed by atoms with Crippen molar-refractivity contribution in [2.24, 2.45) is 11.8 Å². The molecule has 0 aromatic heterocycles. The molecule has 0 spiro atoms. The number of rotatable bonds is 2. The summed E-state index contributed by atoms with van der Waals surface area (Å²) >= 11 is 0. The molecule has 2 saturated carbocycles. The lowest BCUT2D eigenvalue weighted by atomic mass is 10.1. The maximum absolute atomic E-state index is 13.7. The van der Waals surface area contributed by atoms with Crippen LogP contribution in [0.1, 0.15) is 30.4 Å². The fourth-order valence-corrected chi connectivity index (χ4v) is 2.97.